The van der Waals surface area contributed by atoms with Gasteiger partial charge in [-0.2, -0.15) is 0 Å². The summed E-state index contributed by atoms with van der Waals surface area (Å²) in [7, 11) is 1.65. The average Bonchev–Trinajstić information content (AvgIpc) is 2.71. The number of aliphatic hydroxyl groups excluding tert-OH is 1. The van der Waals surface area contributed by atoms with Crippen LogP contribution in [0.25, 0.3) is 0 Å². The maximum Gasteiger partial charge on any atom is 0.165 e. The zero-order valence-electron chi connectivity index (χ0n) is 17.1. The van der Waals surface area contributed by atoms with Crippen molar-refractivity contribution in [2.24, 2.45) is 5.92 Å². The van der Waals surface area contributed by atoms with Crippen molar-refractivity contribution in [2.45, 2.75) is 58.3 Å². The molecular weight excluding hydrogens is 352 g/mol. The van der Waals surface area contributed by atoms with E-state index in [0.717, 1.165) is 29.7 Å². The minimum Gasteiger partial charge on any atom is -0.497 e. The van der Waals surface area contributed by atoms with Gasteiger partial charge in [0.2, 0.25) is 0 Å². The van der Waals surface area contributed by atoms with Gasteiger partial charge >= 0.3 is 0 Å². The predicted molar refractivity (Wildman–Crippen MR) is 111 cm³/mol. The highest BCUT2D eigenvalue weighted by Gasteiger charge is 2.18. The second-order valence-corrected chi connectivity index (χ2v) is 7.52. The fourth-order valence-electron chi connectivity index (χ4n) is 3.12. The van der Waals surface area contributed by atoms with E-state index in [1.54, 1.807) is 7.11 Å². The Kier molecular flexibility index (Phi) is 9.18. The molecule has 4 heteroatoms. The van der Waals surface area contributed by atoms with E-state index in [-0.39, 0.29) is 18.3 Å². The Labute approximate surface area is 168 Å². The van der Waals surface area contributed by atoms with E-state index < -0.39 is 6.10 Å². The van der Waals surface area contributed by atoms with Gasteiger partial charge in [0.05, 0.1) is 19.8 Å². The van der Waals surface area contributed by atoms with E-state index in [2.05, 4.69) is 13.8 Å². The Hall–Kier alpha value is -2.17. The molecule has 0 saturated heterocycles. The number of carbonyl (C=O) groups is 1. The van der Waals surface area contributed by atoms with Crippen molar-refractivity contribution < 1.29 is 19.4 Å². The molecule has 1 N–H and O–H groups in total. The number of benzene rings is 2. The number of hydrogen-bond acceptors (Lipinski definition) is 4. The number of aliphatic hydroxyl groups is 1. The van der Waals surface area contributed by atoms with Crippen molar-refractivity contribution in [3.05, 3.63) is 65.7 Å². The number of Topliss-reactive ketones (excluding diaryl/α,β-unsaturated/α-hetero) is 1. The number of rotatable bonds is 12. The molecule has 2 aromatic rings. The van der Waals surface area contributed by atoms with E-state index in [4.69, 9.17) is 9.47 Å². The zero-order valence-corrected chi connectivity index (χ0v) is 17.1. The lowest BCUT2D eigenvalue weighted by Crippen LogP contribution is -2.24. The summed E-state index contributed by atoms with van der Waals surface area (Å²) < 4.78 is 11.3. The van der Waals surface area contributed by atoms with Crippen LogP contribution in [-0.4, -0.2) is 30.2 Å². The van der Waals surface area contributed by atoms with Crippen LogP contribution in [0.1, 0.15) is 44.2 Å². The molecule has 2 rings (SSSR count). The number of hydrogen-bond donors (Lipinski definition) is 1. The molecule has 0 radical (unpaired) electrons. The maximum absolute atomic E-state index is 12.2. The van der Waals surface area contributed by atoms with E-state index in [1.807, 2.05) is 54.6 Å². The standard InChI is InChI=1S/C24H32O4/c1-18(2)24(28-17-20-12-14-21(27-3)15-13-20)11-7-10-22(25)23(26)16-19-8-5-4-6-9-19/h4-6,8-9,12-15,18,22,24-25H,7,10-11,16-17H2,1-3H3/t22-,24+/m1/s1. The number of ether oxygens (including phenoxy) is 2. The number of carbonyl (C=O) groups excluding carboxylic acids is 1. The fourth-order valence-corrected chi connectivity index (χ4v) is 3.12. The summed E-state index contributed by atoms with van der Waals surface area (Å²) in [5, 5.41) is 10.2. The van der Waals surface area contributed by atoms with Crippen LogP contribution in [0.2, 0.25) is 0 Å². The van der Waals surface area contributed by atoms with E-state index in [9.17, 15) is 9.90 Å². The van der Waals surface area contributed by atoms with Crippen molar-refractivity contribution in [2.75, 3.05) is 7.11 Å². The van der Waals surface area contributed by atoms with Crippen LogP contribution < -0.4 is 4.74 Å². The summed E-state index contributed by atoms with van der Waals surface area (Å²) in [5.74, 6) is 1.08. The Balaban J connectivity index is 1.74. The van der Waals surface area contributed by atoms with Crippen molar-refractivity contribution >= 4 is 5.78 Å². The smallest absolute Gasteiger partial charge is 0.165 e. The SMILES string of the molecule is COc1ccc(CO[C@@H](CCC[C@@H](O)C(=O)Cc2ccccc2)C(C)C)cc1. The largest absolute Gasteiger partial charge is 0.497 e. The first-order chi connectivity index (χ1) is 13.5. The molecule has 0 heterocycles. The molecule has 0 fully saturated rings. The van der Waals surface area contributed by atoms with Crippen LogP contribution in [0, 0.1) is 5.92 Å². The lowest BCUT2D eigenvalue weighted by Gasteiger charge is -2.22. The molecule has 152 valence electrons. The Morgan fingerprint density at radius 1 is 0.964 bits per heavy atom. The molecule has 0 aromatic heterocycles. The molecule has 4 nitrogen and oxygen atoms in total. The van der Waals surface area contributed by atoms with Gasteiger partial charge in [0.1, 0.15) is 11.9 Å². The van der Waals surface area contributed by atoms with Gasteiger partial charge < -0.3 is 14.6 Å². The monoisotopic (exact) mass is 384 g/mol. The first-order valence-corrected chi connectivity index (χ1v) is 9.98. The second kappa shape index (κ2) is 11.6. The maximum atomic E-state index is 12.2. The Morgan fingerprint density at radius 3 is 2.25 bits per heavy atom. The summed E-state index contributed by atoms with van der Waals surface area (Å²) in [6.45, 7) is 4.81. The van der Waals surface area contributed by atoms with Gasteiger partial charge in [-0.1, -0.05) is 56.3 Å². The molecule has 0 unspecified atom stereocenters. The highest BCUT2D eigenvalue weighted by Crippen LogP contribution is 2.19. The van der Waals surface area contributed by atoms with Gasteiger partial charge in [0.15, 0.2) is 5.78 Å². The van der Waals surface area contributed by atoms with Gasteiger partial charge in [-0.25, -0.2) is 0 Å². The summed E-state index contributed by atoms with van der Waals surface area (Å²) in [4.78, 5) is 12.2. The average molecular weight is 385 g/mol. The Morgan fingerprint density at radius 2 is 1.64 bits per heavy atom. The third-order valence-corrected chi connectivity index (χ3v) is 4.93. The lowest BCUT2D eigenvalue weighted by molar-refractivity contribution is -0.126. The fraction of sp³-hybridized carbons (Fsp3) is 0.458. The highest BCUT2D eigenvalue weighted by molar-refractivity contribution is 5.84. The van der Waals surface area contributed by atoms with E-state index >= 15 is 0 Å². The van der Waals surface area contributed by atoms with Gasteiger partial charge in [-0.15, -0.1) is 0 Å². The third kappa shape index (κ3) is 7.45. The second-order valence-electron chi connectivity index (χ2n) is 7.52. The quantitative estimate of drug-likeness (QED) is 0.582. The van der Waals surface area contributed by atoms with Gasteiger partial charge in [0.25, 0.3) is 0 Å². The summed E-state index contributed by atoms with van der Waals surface area (Å²) >= 11 is 0. The number of ketones is 1. The predicted octanol–water partition coefficient (Wildman–Crippen LogP) is 4.58. The van der Waals surface area contributed by atoms with Crippen LogP contribution in [0.5, 0.6) is 5.75 Å². The van der Waals surface area contributed by atoms with Gasteiger partial charge in [0, 0.05) is 6.42 Å². The molecule has 0 aliphatic carbocycles. The topological polar surface area (TPSA) is 55.8 Å². The van der Waals surface area contributed by atoms with Crippen LogP contribution >= 0.6 is 0 Å². The van der Waals surface area contributed by atoms with Gasteiger partial charge in [-0.3, -0.25) is 4.79 Å². The molecule has 2 aromatic carbocycles. The van der Waals surface area contributed by atoms with Crippen LogP contribution in [0.4, 0.5) is 0 Å². The molecule has 0 saturated carbocycles. The first kappa shape index (κ1) is 22.1. The molecule has 0 bridgehead atoms. The van der Waals surface area contributed by atoms with E-state index in [1.165, 1.54) is 0 Å². The van der Waals surface area contributed by atoms with Gasteiger partial charge in [-0.05, 0) is 48.4 Å². The van der Waals surface area contributed by atoms with Crippen LogP contribution in [0.15, 0.2) is 54.6 Å². The normalized spacial score (nSPS) is 13.3. The van der Waals surface area contributed by atoms with Crippen molar-refractivity contribution in [3.63, 3.8) is 0 Å². The Bertz CT molecular complexity index is 694. The lowest BCUT2D eigenvalue weighted by atomic mass is 9.97. The highest BCUT2D eigenvalue weighted by atomic mass is 16.5. The molecule has 28 heavy (non-hydrogen) atoms. The van der Waals surface area contributed by atoms with Crippen molar-refractivity contribution in [1.29, 1.82) is 0 Å². The minimum atomic E-state index is -0.908. The van der Waals surface area contributed by atoms with Crippen LogP contribution in [0.3, 0.4) is 0 Å². The molecule has 0 amide bonds. The third-order valence-electron chi connectivity index (χ3n) is 4.93. The van der Waals surface area contributed by atoms with E-state index in [0.29, 0.717) is 18.9 Å². The van der Waals surface area contributed by atoms with Crippen molar-refractivity contribution in [1.82, 2.24) is 0 Å². The number of methoxy groups -OCH3 is 1. The summed E-state index contributed by atoms with van der Waals surface area (Å²) in [6, 6.07) is 17.4. The summed E-state index contributed by atoms with van der Waals surface area (Å²) in [6.07, 6.45) is 1.52. The molecular formula is C24H32O4. The molecule has 0 spiro atoms. The zero-order chi connectivity index (χ0) is 20.4. The minimum absolute atomic E-state index is 0.0959. The van der Waals surface area contributed by atoms with Crippen molar-refractivity contribution in [3.8, 4) is 5.75 Å². The molecule has 0 aliphatic heterocycles. The molecule has 2 atom stereocenters. The summed E-state index contributed by atoms with van der Waals surface area (Å²) in [5.41, 5.74) is 2.04. The first-order valence-electron chi connectivity index (χ1n) is 9.98. The molecule has 0 aliphatic rings. The van der Waals surface area contributed by atoms with Crippen LogP contribution in [-0.2, 0) is 22.6 Å².